The Morgan fingerprint density at radius 1 is 1.41 bits per heavy atom. The maximum absolute atomic E-state index is 13.5. The van der Waals surface area contributed by atoms with Crippen LogP contribution < -0.4 is 0 Å². The Balaban J connectivity index is 2.67. The van der Waals surface area contributed by atoms with Crippen molar-refractivity contribution >= 4 is 5.97 Å². The molecule has 1 heterocycles. The van der Waals surface area contributed by atoms with Gasteiger partial charge in [0.2, 0.25) is 0 Å². The molecule has 1 N–H and O–H groups in total. The average molecular weight is 238 g/mol. The second-order valence-electron chi connectivity index (χ2n) is 3.49. The van der Waals surface area contributed by atoms with Crippen LogP contribution in [0.15, 0.2) is 24.4 Å². The molecular weight excluding hydrogens is 230 g/mol. The number of nitrogens with zero attached hydrogens (tertiary/aromatic N) is 2. The molecule has 88 valence electrons. The van der Waals surface area contributed by atoms with Gasteiger partial charge in [-0.2, -0.15) is 5.10 Å². The van der Waals surface area contributed by atoms with E-state index in [1.165, 1.54) is 17.9 Å². The van der Waals surface area contributed by atoms with Gasteiger partial charge in [0.25, 0.3) is 0 Å². The molecule has 1 aromatic carbocycles. The van der Waals surface area contributed by atoms with E-state index in [9.17, 15) is 13.6 Å². The third-order valence-electron chi connectivity index (χ3n) is 2.24. The minimum Gasteiger partial charge on any atom is -0.478 e. The molecule has 2 aromatic rings. The topological polar surface area (TPSA) is 55.1 Å². The number of hydrogen-bond donors (Lipinski definition) is 1. The van der Waals surface area contributed by atoms with Crippen molar-refractivity contribution < 1.29 is 18.7 Å². The molecule has 0 aliphatic heterocycles. The van der Waals surface area contributed by atoms with E-state index in [0.717, 1.165) is 18.2 Å². The molecule has 0 radical (unpaired) electrons. The van der Waals surface area contributed by atoms with Crippen molar-refractivity contribution in [1.29, 1.82) is 0 Å². The van der Waals surface area contributed by atoms with Crippen LogP contribution in [0.2, 0.25) is 0 Å². The molecule has 2 rings (SSSR count). The van der Waals surface area contributed by atoms with E-state index in [1.54, 1.807) is 0 Å². The average Bonchev–Trinajstić information content (AvgIpc) is 2.64. The number of carboxylic acid groups (broad SMARTS) is 1. The van der Waals surface area contributed by atoms with Crippen LogP contribution in [0.25, 0.3) is 11.3 Å². The van der Waals surface area contributed by atoms with Crippen LogP contribution in [-0.2, 0) is 7.05 Å². The summed E-state index contributed by atoms with van der Waals surface area (Å²) >= 11 is 0. The minimum absolute atomic E-state index is 0.0861. The highest BCUT2D eigenvalue weighted by Gasteiger charge is 2.19. The van der Waals surface area contributed by atoms with Gasteiger partial charge in [0.1, 0.15) is 22.9 Å². The second-order valence-corrected chi connectivity index (χ2v) is 3.49. The van der Waals surface area contributed by atoms with Crippen LogP contribution in [0.5, 0.6) is 0 Å². The highest BCUT2D eigenvalue weighted by molar-refractivity contribution is 5.94. The summed E-state index contributed by atoms with van der Waals surface area (Å²) in [5.41, 5.74) is -0.419. The fraction of sp³-hybridized carbons (Fsp3) is 0.0909. The van der Waals surface area contributed by atoms with E-state index in [2.05, 4.69) is 5.10 Å². The van der Waals surface area contributed by atoms with Crippen molar-refractivity contribution in [2.45, 2.75) is 0 Å². The molecule has 17 heavy (non-hydrogen) atoms. The number of benzene rings is 1. The van der Waals surface area contributed by atoms with Gasteiger partial charge in [-0.1, -0.05) is 0 Å². The first kappa shape index (κ1) is 11.3. The summed E-state index contributed by atoms with van der Waals surface area (Å²) in [6.45, 7) is 0. The summed E-state index contributed by atoms with van der Waals surface area (Å²) in [4.78, 5) is 10.9. The van der Waals surface area contributed by atoms with E-state index < -0.39 is 17.6 Å². The summed E-state index contributed by atoms with van der Waals surface area (Å²) in [6.07, 6.45) is 1.24. The van der Waals surface area contributed by atoms with Crippen molar-refractivity contribution in [3.8, 4) is 11.3 Å². The van der Waals surface area contributed by atoms with Gasteiger partial charge in [-0.15, -0.1) is 0 Å². The smallest absolute Gasteiger partial charge is 0.339 e. The van der Waals surface area contributed by atoms with E-state index in [1.807, 2.05) is 0 Å². The summed E-state index contributed by atoms with van der Waals surface area (Å²) in [5.74, 6) is -2.60. The standard InChI is InChI=1S/C11H8F2N2O2/c1-15-5-8(11(16)17)10(14-15)7-4-6(12)2-3-9(7)13/h2-5H,1H3,(H,16,17). The van der Waals surface area contributed by atoms with Crippen molar-refractivity contribution in [2.24, 2.45) is 7.05 Å². The predicted molar refractivity (Wildman–Crippen MR) is 55.5 cm³/mol. The Kier molecular flexibility index (Phi) is 2.63. The van der Waals surface area contributed by atoms with Crippen LogP contribution >= 0.6 is 0 Å². The maximum Gasteiger partial charge on any atom is 0.339 e. The molecule has 0 aliphatic carbocycles. The second kappa shape index (κ2) is 3.97. The third-order valence-corrected chi connectivity index (χ3v) is 2.24. The maximum atomic E-state index is 13.5. The van der Waals surface area contributed by atoms with Gasteiger partial charge in [-0.25, -0.2) is 13.6 Å². The van der Waals surface area contributed by atoms with Crippen molar-refractivity contribution in [3.63, 3.8) is 0 Å². The summed E-state index contributed by atoms with van der Waals surface area (Å²) in [6, 6.07) is 2.82. The summed E-state index contributed by atoms with van der Waals surface area (Å²) in [7, 11) is 1.51. The van der Waals surface area contributed by atoms with Gasteiger partial charge < -0.3 is 5.11 Å². The van der Waals surface area contributed by atoms with Crippen molar-refractivity contribution in [3.05, 3.63) is 41.6 Å². The molecule has 0 aliphatic rings. The highest BCUT2D eigenvalue weighted by atomic mass is 19.1. The largest absolute Gasteiger partial charge is 0.478 e. The molecule has 0 spiro atoms. The lowest BCUT2D eigenvalue weighted by molar-refractivity contribution is 0.0697. The Morgan fingerprint density at radius 3 is 2.76 bits per heavy atom. The quantitative estimate of drug-likeness (QED) is 0.871. The van der Waals surface area contributed by atoms with Crippen LogP contribution in [-0.4, -0.2) is 20.9 Å². The molecule has 6 heteroatoms. The molecule has 0 amide bonds. The SMILES string of the molecule is Cn1cc(C(=O)O)c(-c2cc(F)ccc2F)n1. The Bertz CT molecular complexity index is 593. The zero-order chi connectivity index (χ0) is 12.6. The molecule has 0 saturated carbocycles. The number of hydrogen-bond acceptors (Lipinski definition) is 2. The fourth-order valence-electron chi connectivity index (χ4n) is 1.52. The lowest BCUT2D eigenvalue weighted by atomic mass is 10.1. The first-order chi connectivity index (χ1) is 7.99. The normalized spacial score (nSPS) is 10.5. The highest BCUT2D eigenvalue weighted by Crippen LogP contribution is 2.25. The molecule has 4 nitrogen and oxygen atoms in total. The number of carboxylic acids is 1. The number of carbonyl (C=O) groups is 1. The number of aromatic nitrogens is 2. The van der Waals surface area contributed by atoms with E-state index in [4.69, 9.17) is 5.11 Å². The predicted octanol–water partition coefficient (Wildman–Crippen LogP) is 2.06. The van der Waals surface area contributed by atoms with Gasteiger partial charge in [-0.05, 0) is 18.2 Å². The Labute approximate surface area is 95.1 Å². The number of aromatic carboxylic acids is 1. The van der Waals surface area contributed by atoms with Crippen molar-refractivity contribution in [1.82, 2.24) is 9.78 Å². The zero-order valence-corrected chi connectivity index (χ0v) is 8.82. The van der Waals surface area contributed by atoms with E-state index in [-0.39, 0.29) is 16.8 Å². The molecule has 0 unspecified atom stereocenters. The summed E-state index contributed by atoms with van der Waals surface area (Å²) in [5, 5.41) is 12.8. The van der Waals surface area contributed by atoms with Gasteiger partial charge in [-0.3, -0.25) is 4.68 Å². The van der Waals surface area contributed by atoms with E-state index in [0.29, 0.717) is 0 Å². The lowest BCUT2D eigenvalue weighted by Crippen LogP contribution is -1.98. The van der Waals surface area contributed by atoms with Gasteiger partial charge in [0.15, 0.2) is 0 Å². The van der Waals surface area contributed by atoms with Crippen LogP contribution in [0.3, 0.4) is 0 Å². The zero-order valence-electron chi connectivity index (χ0n) is 8.82. The first-order valence-electron chi connectivity index (χ1n) is 4.71. The van der Waals surface area contributed by atoms with Gasteiger partial charge in [0.05, 0.1) is 0 Å². The van der Waals surface area contributed by atoms with Crippen LogP contribution in [0.4, 0.5) is 8.78 Å². The molecule has 0 fully saturated rings. The molecule has 0 atom stereocenters. The van der Waals surface area contributed by atoms with Crippen LogP contribution in [0.1, 0.15) is 10.4 Å². The number of aryl methyl sites for hydroxylation is 1. The Hall–Kier alpha value is -2.24. The monoisotopic (exact) mass is 238 g/mol. The minimum atomic E-state index is -1.24. The van der Waals surface area contributed by atoms with Gasteiger partial charge in [0, 0.05) is 18.8 Å². The summed E-state index contributed by atoms with van der Waals surface area (Å²) < 4.78 is 27.8. The lowest BCUT2D eigenvalue weighted by Gasteiger charge is -2.01. The fourth-order valence-corrected chi connectivity index (χ4v) is 1.52. The van der Waals surface area contributed by atoms with Gasteiger partial charge >= 0.3 is 5.97 Å². The van der Waals surface area contributed by atoms with E-state index >= 15 is 0 Å². The number of rotatable bonds is 2. The number of halogens is 2. The molecular formula is C11H8F2N2O2. The third kappa shape index (κ3) is 2.01. The van der Waals surface area contributed by atoms with Crippen LogP contribution in [0, 0.1) is 11.6 Å². The molecule has 0 bridgehead atoms. The molecule has 1 aromatic heterocycles. The molecule has 0 saturated heterocycles. The Morgan fingerprint density at radius 2 is 2.12 bits per heavy atom. The van der Waals surface area contributed by atoms with Crippen molar-refractivity contribution in [2.75, 3.05) is 0 Å². The first-order valence-corrected chi connectivity index (χ1v) is 4.71.